The Bertz CT molecular complexity index is 727. The van der Waals surface area contributed by atoms with Crippen molar-refractivity contribution in [2.75, 3.05) is 19.5 Å². The van der Waals surface area contributed by atoms with Gasteiger partial charge in [-0.15, -0.1) is 0 Å². The summed E-state index contributed by atoms with van der Waals surface area (Å²) in [7, 11) is 3.20. The van der Waals surface area contributed by atoms with Crippen LogP contribution in [-0.2, 0) is 4.79 Å². The fraction of sp³-hybridized carbons (Fsp3) is 0.176. The van der Waals surface area contributed by atoms with Crippen LogP contribution in [0.5, 0.6) is 11.5 Å². The Morgan fingerprint density at radius 1 is 1.13 bits per heavy atom. The van der Waals surface area contributed by atoms with Crippen LogP contribution >= 0.6 is 15.9 Å². The lowest BCUT2D eigenvalue weighted by atomic mass is 10.2. The Labute approximate surface area is 143 Å². The van der Waals surface area contributed by atoms with E-state index in [2.05, 4.69) is 26.2 Å². The van der Waals surface area contributed by atoms with E-state index < -0.39 is 0 Å². The number of aliphatic imine (C=N–C) groups is 1. The molecule has 0 saturated carbocycles. The molecule has 2 rings (SSSR count). The molecule has 0 atom stereocenters. The number of carbonyl (C=O) groups excluding carboxylic acids is 1. The molecule has 0 aliphatic rings. The van der Waals surface area contributed by atoms with Crippen LogP contribution in [0.15, 0.2) is 45.9 Å². The summed E-state index contributed by atoms with van der Waals surface area (Å²) in [5.74, 6) is 1.26. The molecule has 0 fully saturated rings. The monoisotopic (exact) mass is 376 g/mol. The minimum atomic E-state index is -0.103. The summed E-state index contributed by atoms with van der Waals surface area (Å²) < 4.78 is 11.4. The molecule has 0 unspecified atom stereocenters. The number of benzene rings is 2. The van der Waals surface area contributed by atoms with Crippen molar-refractivity contribution in [1.82, 2.24) is 0 Å². The Morgan fingerprint density at radius 2 is 1.78 bits per heavy atom. The molecule has 2 aromatic carbocycles. The van der Waals surface area contributed by atoms with E-state index in [0.717, 1.165) is 21.4 Å². The van der Waals surface area contributed by atoms with Gasteiger partial charge in [0.15, 0.2) is 0 Å². The molecule has 0 saturated heterocycles. The van der Waals surface area contributed by atoms with E-state index in [1.165, 1.54) is 6.92 Å². The van der Waals surface area contributed by atoms with Crippen LogP contribution in [0, 0.1) is 0 Å². The highest BCUT2D eigenvalue weighted by Gasteiger charge is 2.08. The zero-order valence-electron chi connectivity index (χ0n) is 13.1. The topological polar surface area (TPSA) is 59.9 Å². The van der Waals surface area contributed by atoms with Crippen molar-refractivity contribution in [3.63, 3.8) is 0 Å². The van der Waals surface area contributed by atoms with Crippen LogP contribution < -0.4 is 14.8 Å². The van der Waals surface area contributed by atoms with Gasteiger partial charge < -0.3 is 14.8 Å². The SMILES string of the molecule is COc1cc(OC)c(C=Nc2ccc(NC(C)=O)cc2)cc1Br. The minimum Gasteiger partial charge on any atom is -0.496 e. The maximum absolute atomic E-state index is 11.0. The van der Waals surface area contributed by atoms with Crippen molar-refractivity contribution in [2.45, 2.75) is 6.92 Å². The van der Waals surface area contributed by atoms with Gasteiger partial charge in [-0.3, -0.25) is 9.79 Å². The smallest absolute Gasteiger partial charge is 0.221 e. The number of hydrogen-bond donors (Lipinski definition) is 1. The van der Waals surface area contributed by atoms with Crippen LogP contribution in [0.3, 0.4) is 0 Å². The minimum absolute atomic E-state index is 0.103. The normalized spacial score (nSPS) is 10.6. The van der Waals surface area contributed by atoms with E-state index in [1.54, 1.807) is 38.6 Å². The zero-order chi connectivity index (χ0) is 16.8. The Morgan fingerprint density at radius 3 is 2.35 bits per heavy atom. The van der Waals surface area contributed by atoms with E-state index in [1.807, 2.05) is 18.2 Å². The number of anilines is 1. The summed E-state index contributed by atoms with van der Waals surface area (Å²) in [6.07, 6.45) is 1.72. The molecule has 0 heterocycles. The number of nitrogens with zero attached hydrogens (tertiary/aromatic N) is 1. The third-order valence-corrected chi connectivity index (χ3v) is 3.66. The van der Waals surface area contributed by atoms with Gasteiger partial charge in [0, 0.05) is 30.5 Å². The molecule has 0 spiro atoms. The Kier molecular flexibility index (Phi) is 5.76. The van der Waals surface area contributed by atoms with Gasteiger partial charge >= 0.3 is 0 Å². The standard InChI is InChI=1S/C17H17BrN2O3/c1-11(21)20-14-6-4-13(5-7-14)19-10-12-8-15(18)17(23-3)9-16(12)22-2/h4-10H,1-3H3,(H,20,21). The lowest BCUT2D eigenvalue weighted by molar-refractivity contribution is -0.114. The number of nitrogens with one attached hydrogen (secondary N) is 1. The Balaban J connectivity index is 2.22. The zero-order valence-corrected chi connectivity index (χ0v) is 14.7. The quantitative estimate of drug-likeness (QED) is 0.796. The molecule has 0 aliphatic heterocycles. The summed E-state index contributed by atoms with van der Waals surface area (Å²) in [5, 5.41) is 2.71. The van der Waals surface area contributed by atoms with Crippen molar-refractivity contribution in [3.8, 4) is 11.5 Å². The van der Waals surface area contributed by atoms with Crippen LogP contribution in [0.25, 0.3) is 0 Å². The predicted molar refractivity (Wildman–Crippen MR) is 95.2 cm³/mol. The van der Waals surface area contributed by atoms with Gasteiger partial charge in [-0.1, -0.05) is 0 Å². The van der Waals surface area contributed by atoms with Crippen molar-refractivity contribution in [2.24, 2.45) is 4.99 Å². The van der Waals surface area contributed by atoms with Crippen molar-refractivity contribution in [1.29, 1.82) is 0 Å². The van der Waals surface area contributed by atoms with Crippen molar-refractivity contribution < 1.29 is 14.3 Å². The molecule has 1 amide bonds. The van der Waals surface area contributed by atoms with Gasteiger partial charge in [0.2, 0.25) is 5.91 Å². The van der Waals surface area contributed by atoms with Crippen LogP contribution in [0.1, 0.15) is 12.5 Å². The Hall–Kier alpha value is -2.34. The molecule has 0 bridgehead atoms. The summed E-state index contributed by atoms with van der Waals surface area (Å²) in [4.78, 5) is 15.4. The first-order chi connectivity index (χ1) is 11.0. The first-order valence-corrected chi connectivity index (χ1v) is 7.66. The summed E-state index contributed by atoms with van der Waals surface area (Å²) in [6.45, 7) is 1.47. The number of amides is 1. The number of methoxy groups -OCH3 is 2. The molecule has 0 aromatic heterocycles. The number of halogens is 1. The molecule has 0 radical (unpaired) electrons. The van der Waals surface area contributed by atoms with Crippen molar-refractivity contribution in [3.05, 3.63) is 46.4 Å². The third kappa shape index (κ3) is 4.56. The molecule has 23 heavy (non-hydrogen) atoms. The van der Waals surface area contributed by atoms with Gasteiger partial charge in [0.25, 0.3) is 0 Å². The highest BCUT2D eigenvalue weighted by atomic mass is 79.9. The number of ether oxygens (including phenoxy) is 2. The van der Waals surface area contributed by atoms with Gasteiger partial charge in [-0.05, 0) is 46.3 Å². The van der Waals surface area contributed by atoms with Gasteiger partial charge in [0.1, 0.15) is 11.5 Å². The van der Waals surface area contributed by atoms with Crippen LogP contribution in [-0.4, -0.2) is 26.3 Å². The summed E-state index contributed by atoms with van der Waals surface area (Å²) in [5.41, 5.74) is 2.33. The van der Waals surface area contributed by atoms with Gasteiger partial charge in [-0.25, -0.2) is 0 Å². The van der Waals surface area contributed by atoms with Crippen LogP contribution in [0.2, 0.25) is 0 Å². The maximum Gasteiger partial charge on any atom is 0.221 e. The average molecular weight is 377 g/mol. The lowest BCUT2D eigenvalue weighted by Gasteiger charge is -2.09. The average Bonchev–Trinajstić information content (AvgIpc) is 2.53. The first-order valence-electron chi connectivity index (χ1n) is 6.86. The van der Waals surface area contributed by atoms with E-state index in [0.29, 0.717) is 11.5 Å². The fourth-order valence-electron chi connectivity index (χ4n) is 1.96. The molecule has 120 valence electrons. The van der Waals surface area contributed by atoms with E-state index in [4.69, 9.17) is 9.47 Å². The number of rotatable bonds is 5. The maximum atomic E-state index is 11.0. The molecular formula is C17H17BrN2O3. The second kappa shape index (κ2) is 7.78. The largest absolute Gasteiger partial charge is 0.496 e. The highest BCUT2D eigenvalue weighted by molar-refractivity contribution is 9.10. The van der Waals surface area contributed by atoms with E-state index >= 15 is 0 Å². The molecule has 1 N–H and O–H groups in total. The number of hydrogen-bond acceptors (Lipinski definition) is 4. The van der Waals surface area contributed by atoms with E-state index in [9.17, 15) is 4.79 Å². The highest BCUT2D eigenvalue weighted by Crippen LogP contribution is 2.32. The molecule has 0 aliphatic carbocycles. The second-order valence-electron chi connectivity index (χ2n) is 4.71. The predicted octanol–water partition coefficient (Wildman–Crippen LogP) is 4.18. The summed E-state index contributed by atoms with van der Waals surface area (Å²) >= 11 is 3.45. The van der Waals surface area contributed by atoms with Crippen molar-refractivity contribution >= 4 is 39.4 Å². The first kappa shape index (κ1) is 17.0. The molecule has 2 aromatic rings. The summed E-state index contributed by atoms with van der Waals surface area (Å²) in [6, 6.07) is 10.9. The lowest BCUT2D eigenvalue weighted by Crippen LogP contribution is -2.04. The van der Waals surface area contributed by atoms with Gasteiger partial charge in [0.05, 0.1) is 24.4 Å². The van der Waals surface area contributed by atoms with E-state index in [-0.39, 0.29) is 5.91 Å². The molecule has 5 nitrogen and oxygen atoms in total. The fourth-order valence-corrected chi connectivity index (χ4v) is 2.49. The van der Waals surface area contributed by atoms with Crippen LogP contribution in [0.4, 0.5) is 11.4 Å². The molecule has 6 heteroatoms. The third-order valence-electron chi connectivity index (χ3n) is 3.04. The molecular weight excluding hydrogens is 360 g/mol. The second-order valence-corrected chi connectivity index (χ2v) is 5.57. The van der Waals surface area contributed by atoms with Gasteiger partial charge in [-0.2, -0.15) is 0 Å². The number of carbonyl (C=O) groups is 1.